The van der Waals surface area contributed by atoms with Crippen molar-refractivity contribution in [2.45, 2.75) is 140 Å². The van der Waals surface area contributed by atoms with Crippen LogP contribution in [-0.4, -0.2) is 39.9 Å². The molecule has 3 heterocycles. The van der Waals surface area contributed by atoms with Gasteiger partial charge < -0.3 is 29.5 Å². The second-order valence-corrected chi connectivity index (χ2v) is 20.9. The van der Waals surface area contributed by atoms with Crippen LogP contribution in [0.4, 0.5) is 0 Å². The topological polar surface area (TPSA) is 54.4 Å². The summed E-state index contributed by atoms with van der Waals surface area (Å²) in [6, 6.07) is 2.27. The Hall–Kier alpha value is -1.03. The Labute approximate surface area is 354 Å². The molecule has 5 aliphatic rings. The maximum Gasteiger partial charge on any atom is 2.00 e. The quantitative estimate of drug-likeness (QED) is 0.151. The van der Waals surface area contributed by atoms with E-state index in [0.717, 1.165) is 11.3 Å². The Bertz CT molecular complexity index is 1820. The van der Waals surface area contributed by atoms with Crippen LogP contribution in [0.3, 0.4) is 0 Å². The van der Waals surface area contributed by atoms with Crippen molar-refractivity contribution < 1.29 is 31.7 Å². The fraction of sp³-hybridized carbons (Fsp3) is 0.568. The fourth-order valence-corrected chi connectivity index (χ4v) is 12.9. The minimum absolute atomic E-state index is 0. The Morgan fingerprint density at radius 1 is 0.788 bits per heavy atom. The van der Waals surface area contributed by atoms with Crippen molar-refractivity contribution in [3.05, 3.63) is 88.3 Å². The smallest absolute Gasteiger partial charge is 1.00 e. The van der Waals surface area contributed by atoms with Crippen LogP contribution in [0.25, 0.3) is 5.57 Å². The molecule has 0 aliphatic heterocycles. The molecule has 0 spiro atoms. The third-order valence-corrected chi connectivity index (χ3v) is 15.2. The van der Waals surface area contributed by atoms with Gasteiger partial charge in [0.15, 0.2) is 5.78 Å². The summed E-state index contributed by atoms with van der Waals surface area (Å²) in [5.41, 5.74) is 12.9. The van der Waals surface area contributed by atoms with Gasteiger partial charge in [0, 0.05) is 36.9 Å². The van der Waals surface area contributed by atoms with Crippen LogP contribution >= 0.6 is 34.0 Å². The number of halogens is 1. The third kappa shape index (κ3) is 9.49. The van der Waals surface area contributed by atoms with E-state index in [9.17, 15) is 9.59 Å². The van der Waals surface area contributed by atoms with Crippen LogP contribution < -0.4 is 17.0 Å². The maximum atomic E-state index is 12.1. The average molecular weight is 838 g/mol. The van der Waals surface area contributed by atoms with Crippen molar-refractivity contribution in [3.63, 3.8) is 0 Å². The van der Waals surface area contributed by atoms with E-state index < -0.39 is 5.97 Å². The first-order chi connectivity index (χ1) is 22.7. The average Bonchev–Trinajstić information content (AvgIpc) is 3.86. The minimum Gasteiger partial charge on any atom is -1.00 e. The monoisotopic (exact) mass is 836 g/mol. The zero-order chi connectivity index (χ0) is 36.4. The molecule has 3 atom stereocenters. The molecule has 0 bridgehead atoms. The van der Waals surface area contributed by atoms with Crippen LogP contribution in [0.1, 0.15) is 159 Å². The Kier molecular flexibility index (Phi) is 15.8. The second kappa shape index (κ2) is 17.4. The normalized spacial score (nSPS) is 23.1. The number of aliphatic carboxylic acids is 1. The first kappa shape index (κ1) is 47.1. The van der Waals surface area contributed by atoms with E-state index in [1.54, 1.807) is 73.7 Å². The number of allylic oxidation sites excluding steroid dienone is 3. The summed E-state index contributed by atoms with van der Waals surface area (Å²) in [6.07, 6.45) is 9.04. The molecule has 0 fully saturated rings. The van der Waals surface area contributed by atoms with Crippen molar-refractivity contribution >= 4 is 74.4 Å². The zero-order valence-corrected chi connectivity index (χ0v) is 39.7. The van der Waals surface area contributed by atoms with Crippen LogP contribution in [-0.2, 0) is 43.3 Å². The number of ketones is 1. The summed E-state index contributed by atoms with van der Waals surface area (Å²) in [7, 11) is 0. The molecule has 8 rings (SSSR count). The molecule has 5 aliphatic carbocycles. The number of carbonyl (C=O) groups excluding carboxylic acids is 1. The summed E-state index contributed by atoms with van der Waals surface area (Å²) >= 11 is 5.76. The van der Waals surface area contributed by atoms with Crippen LogP contribution in [0.15, 0.2) is 28.7 Å². The summed E-state index contributed by atoms with van der Waals surface area (Å²) in [4.78, 5) is 29.4. The maximum absolute atomic E-state index is 12.1. The van der Waals surface area contributed by atoms with Crippen molar-refractivity contribution in [1.82, 2.24) is 0 Å². The van der Waals surface area contributed by atoms with Gasteiger partial charge in [-0.25, -0.2) is 4.79 Å². The van der Waals surface area contributed by atoms with E-state index in [2.05, 4.69) is 98.9 Å². The number of rotatable bonds is 1. The van der Waals surface area contributed by atoms with Crippen molar-refractivity contribution in [3.8, 4) is 0 Å². The van der Waals surface area contributed by atoms with Crippen LogP contribution in [0.5, 0.6) is 0 Å². The summed E-state index contributed by atoms with van der Waals surface area (Å²) < 4.78 is 0. The molecule has 3 nitrogen and oxygen atoms in total. The molecule has 8 heteroatoms. The molecule has 3 aromatic heterocycles. The van der Waals surface area contributed by atoms with Crippen molar-refractivity contribution in [2.24, 2.45) is 22.2 Å². The predicted octanol–water partition coefficient (Wildman–Crippen LogP) is 9.58. The number of carboxylic acids is 1. The van der Waals surface area contributed by atoms with Gasteiger partial charge in [0.25, 0.3) is 0 Å². The van der Waals surface area contributed by atoms with Gasteiger partial charge in [-0.2, -0.15) is 0 Å². The SMILES string of the molecule is C/C=C(\C)C(=O)O.CC1(C)Cc2ccsc2C1.CC1=C(C)C(C)c2c1sc1c2CC(C)(C)C1.CC1C(=O)c2sc3c(c2C1C)CC(C)(C)C3.[Br-].[CH3-].[Mg+2]. The molecular weight excluding hydrogens is 777 g/mol. The van der Waals surface area contributed by atoms with Gasteiger partial charge >= 0.3 is 29.0 Å². The number of fused-ring (bicyclic) bond motifs is 7. The number of thiophene rings is 3. The van der Waals surface area contributed by atoms with Crippen molar-refractivity contribution in [1.29, 1.82) is 0 Å². The van der Waals surface area contributed by atoms with E-state index in [4.69, 9.17) is 5.11 Å². The number of Topliss-reactive ketones (excluding diaryl/α,β-unsaturated/α-hetero) is 1. The zero-order valence-electron chi connectivity index (χ0n) is 34.3. The second-order valence-electron chi connectivity index (χ2n) is 17.7. The van der Waals surface area contributed by atoms with E-state index in [0.29, 0.717) is 39.4 Å². The molecule has 0 amide bonds. The Morgan fingerprint density at radius 3 is 1.75 bits per heavy atom. The van der Waals surface area contributed by atoms with Gasteiger partial charge in [-0.1, -0.05) is 74.0 Å². The van der Waals surface area contributed by atoms with Gasteiger partial charge in [0.1, 0.15) is 0 Å². The van der Waals surface area contributed by atoms with Gasteiger partial charge in [-0.15, -0.1) is 34.0 Å². The van der Waals surface area contributed by atoms with E-state index in [-0.39, 0.29) is 53.4 Å². The first-order valence-electron chi connectivity index (χ1n) is 18.1. The molecule has 0 radical (unpaired) electrons. The number of carboxylic acid groups (broad SMARTS) is 1. The Morgan fingerprint density at radius 2 is 1.27 bits per heavy atom. The summed E-state index contributed by atoms with van der Waals surface area (Å²) in [5, 5.41) is 10.3. The molecule has 282 valence electrons. The van der Waals surface area contributed by atoms with E-state index in [1.807, 2.05) is 11.3 Å². The van der Waals surface area contributed by atoms with Crippen LogP contribution in [0, 0.1) is 29.6 Å². The largest absolute Gasteiger partial charge is 2.00 e. The first-order valence-corrected chi connectivity index (χ1v) is 20.6. The molecular formula is C44H61BrMgO3S3. The van der Waals surface area contributed by atoms with Gasteiger partial charge in [-0.05, 0) is 133 Å². The molecule has 52 heavy (non-hydrogen) atoms. The van der Waals surface area contributed by atoms with E-state index >= 15 is 0 Å². The molecule has 0 saturated heterocycles. The molecule has 0 aromatic carbocycles. The summed E-state index contributed by atoms with van der Waals surface area (Å²) in [6.45, 7) is 28.7. The Balaban J connectivity index is 0.000000246. The molecule has 3 aromatic rings. The third-order valence-electron chi connectivity index (χ3n) is 11.6. The number of carbonyl (C=O) groups is 2. The minimum atomic E-state index is -0.845. The van der Waals surface area contributed by atoms with E-state index in [1.165, 1.54) is 48.1 Å². The van der Waals surface area contributed by atoms with Crippen molar-refractivity contribution in [2.75, 3.05) is 0 Å². The van der Waals surface area contributed by atoms with Gasteiger partial charge in [-0.3, -0.25) is 4.79 Å². The van der Waals surface area contributed by atoms with Gasteiger partial charge in [0.2, 0.25) is 0 Å². The number of hydrogen-bond donors (Lipinski definition) is 1. The molecule has 3 unspecified atom stereocenters. The predicted molar refractivity (Wildman–Crippen MR) is 224 cm³/mol. The van der Waals surface area contributed by atoms with Gasteiger partial charge in [0.05, 0.1) is 4.88 Å². The van der Waals surface area contributed by atoms with Crippen LogP contribution in [0.2, 0.25) is 0 Å². The number of hydrogen-bond acceptors (Lipinski definition) is 5. The summed E-state index contributed by atoms with van der Waals surface area (Å²) in [5.74, 6) is 0.859. The fourth-order valence-electron chi connectivity index (χ4n) is 8.30. The molecule has 0 saturated carbocycles. The molecule has 1 N–H and O–H groups in total. The standard InChI is InChI=1S/C15H20S.C14H18OS.C9H12S.C5H8O2.CH3.BrH.Mg/c1-8-9(2)13-11-6-15(4,5)7-12(11)16-14(13)10(8)3;1-7-8(2)12(15)13-11(7)9-5-14(3,4)6-10(9)16-13;1-9(2)5-7-3-4-10-8(7)6-9;1-3-4(2)5(6)7;;;/h9H,6-7H2,1-5H3;7-8H,5-6H2,1-4H3;3-4H,5-6H2,1-2H3;3H,1-2H3,(H,6,7);1H3;1H;/q;;;;-1;;+2/p-1/b;;;4-3+;;;.